The van der Waals surface area contributed by atoms with E-state index in [1.54, 1.807) is 0 Å². The number of hydrogen-bond donors (Lipinski definition) is 0. The van der Waals surface area contributed by atoms with Crippen LogP contribution in [-0.4, -0.2) is 86.3 Å². The molecule has 0 bridgehead atoms. The maximum Gasteiger partial charge on any atom is 0.0594 e. The van der Waals surface area contributed by atoms with Gasteiger partial charge in [0.15, 0.2) is 0 Å². The Kier molecular flexibility index (Phi) is 5.71. The fourth-order valence-electron chi connectivity index (χ4n) is 3.91. The number of nitrogens with zero attached hydrogens (tertiary/aromatic N) is 3. The van der Waals surface area contributed by atoms with E-state index in [4.69, 9.17) is 4.74 Å². The normalized spacial score (nSPS) is 28.8. The lowest BCUT2D eigenvalue weighted by Crippen LogP contribution is -2.52. The summed E-state index contributed by atoms with van der Waals surface area (Å²) in [4.78, 5) is 7.98. The molecule has 0 radical (unpaired) electrons. The summed E-state index contributed by atoms with van der Waals surface area (Å²) in [5, 5.41) is 0. The van der Waals surface area contributed by atoms with E-state index in [1.807, 2.05) is 0 Å². The molecule has 116 valence electrons. The Balaban J connectivity index is 1.33. The van der Waals surface area contributed by atoms with E-state index in [2.05, 4.69) is 14.7 Å². The molecule has 3 rings (SSSR count). The monoisotopic (exact) mass is 281 g/mol. The van der Waals surface area contributed by atoms with Crippen molar-refractivity contribution in [3.05, 3.63) is 0 Å². The smallest absolute Gasteiger partial charge is 0.0594 e. The Morgan fingerprint density at radius 3 is 1.95 bits per heavy atom. The molecule has 0 aromatic heterocycles. The lowest BCUT2D eigenvalue weighted by atomic mass is 9.94. The molecule has 4 heteroatoms. The van der Waals surface area contributed by atoms with E-state index < -0.39 is 0 Å². The van der Waals surface area contributed by atoms with Gasteiger partial charge >= 0.3 is 0 Å². The van der Waals surface area contributed by atoms with Gasteiger partial charge in [-0.15, -0.1) is 0 Å². The van der Waals surface area contributed by atoms with Gasteiger partial charge in [-0.2, -0.15) is 0 Å². The van der Waals surface area contributed by atoms with Crippen molar-refractivity contribution in [2.45, 2.75) is 38.1 Å². The lowest BCUT2D eigenvalue weighted by molar-refractivity contribution is 0.0265. The van der Waals surface area contributed by atoms with E-state index >= 15 is 0 Å². The third kappa shape index (κ3) is 4.17. The molecule has 2 heterocycles. The third-order valence-electron chi connectivity index (χ3n) is 5.33. The van der Waals surface area contributed by atoms with Crippen LogP contribution in [0.5, 0.6) is 0 Å². The molecule has 2 aliphatic heterocycles. The Morgan fingerprint density at radius 2 is 1.30 bits per heavy atom. The number of ether oxygens (including phenoxy) is 1. The zero-order valence-electron chi connectivity index (χ0n) is 12.9. The van der Waals surface area contributed by atoms with E-state index in [0.717, 1.165) is 32.3 Å². The number of piperazine rings is 1. The van der Waals surface area contributed by atoms with Gasteiger partial charge in [-0.25, -0.2) is 0 Å². The first-order valence-electron chi connectivity index (χ1n) is 8.68. The Labute approximate surface area is 124 Å². The van der Waals surface area contributed by atoms with Crippen LogP contribution in [0.25, 0.3) is 0 Å². The second-order valence-electron chi connectivity index (χ2n) is 6.62. The maximum atomic E-state index is 5.41. The van der Waals surface area contributed by atoms with Gasteiger partial charge in [-0.3, -0.25) is 14.7 Å². The first-order valence-corrected chi connectivity index (χ1v) is 8.68. The van der Waals surface area contributed by atoms with E-state index in [0.29, 0.717) is 0 Å². The van der Waals surface area contributed by atoms with Gasteiger partial charge in [0.25, 0.3) is 0 Å². The Bertz CT molecular complexity index is 267. The van der Waals surface area contributed by atoms with Gasteiger partial charge < -0.3 is 4.74 Å². The topological polar surface area (TPSA) is 19.0 Å². The second-order valence-corrected chi connectivity index (χ2v) is 6.62. The molecule has 0 aromatic carbocycles. The molecule has 2 saturated heterocycles. The molecule has 20 heavy (non-hydrogen) atoms. The first kappa shape index (κ1) is 14.8. The molecular formula is C16H31N3O. The molecule has 0 unspecified atom stereocenters. The molecule has 0 atom stereocenters. The van der Waals surface area contributed by atoms with Gasteiger partial charge in [-0.1, -0.05) is 19.3 Å². The summed E-state index contributed by atoms with van der Waals surface area (Å²) in [6.07, 6.45) is 7.29. The Hall–Kier alpha value is -0.160. The SMILES string of the molecule is C1CCC(N2CCN(CCN3CCOCC3)CC2)CC1. The van der Waals surface area contributed by atoms with Crippen molar-refractivity contribution in [3.63, 3.8) is 0 Å². The number of morpholine rings is 1. The summed E-state index contributed by atoms with van der Waals surface area (Å²) in [5.74, 6) is 0. The van der Waals surface area contributed by atoms with Crippen molar-refractivity contribution in [2.75, 3.05) is 65.6 Å². The van der Waals surface area contributed by atoms with Crippen LogP contribution in [0.4, 0.5) is 0 Å². The summed E-state index contributed by atoms with van der Waals surface area (Å²) in [6.45, 7) is 11.7. The van der Waals surface area contributed by atoms with Crippen LogP contribution in [0.2, 0.25) is 0 Å². The van der Waals surface area contributed by atoms with Crippen molar-refractivity contribution in [1.29, 1.82) is 0 Å². The molecule has 4 nitrogen and oxygen atoms in total. The highest BCUT2D eigenvalue weighted by Gasteiger charge is 2.25. The highest BCUT2D eigenvalue weighted by atomic mass is 16.5. The highest BCUT2D eigenvalue weighted by Crippen LogP contribution is 2.23. The summed E-state index contributed by atoms with van der Waals surface area (Å²) in [5.41, 5.74) is 0. The van der Waals surface area contributed by atoms with E-state index in [1.165, 1.54) is 71.4 Å². The second kappa shape index (κ2) is 7.74. The van der Waals surface area contributed by atoms with Gasteiger partial charge in [0.2, 0.25) is 0 Å². The molecule has 3 fully saturated rings. The van der Waals surface area contributed by atoms with Crippen LogP contribution in [0, 0.1) is 0 Å². The predicted molar refractivity (Wildman–Crippen MR) is 82.1 cm³/mol. The average Bonchev–Trinajstić information content (AvgIpc) is 2.55. The van der Waals surface area contributed by atoms with Crippen molar-refractivity contribution in [1.82, 2.24) is 14.7 Å². The minimum Gasteiger partial charge on any atom is -0.379 e. The first-order chi connectivity index (χ1) is 9.92. The number of hydrogen-bond acceptors (Lipinski definition) is 4. The summed E-state index contributed by atoms with van der Waals surface area (Å²) in [7, 11) is 0. The van der Waals surface area contributed by atoms with Crippen molar-refractivity contribution in [3.8, 4) is 0 Å². The largest absolute Gasteiger partial charge is 0.379 e. The van der Waals surface area contributed by atoms with Gasteiger partial charge in [0.05, 0.1) is 13.2 Å². The fourth-order valence-corrected chi connectivity index (χ4v) is 3.91. The molecule has 0 amide bonds. The zero-order chi connectivity index (χ0) is 13.6. The molecule has 0 spiro atoms. The Morgan fingerprint density at radius 1 is 0.700 bits per heavy atom. The summed E-state index contributed by atoms with van der Waals surface area (Å²) in [6, 6.07) is 0.908. The van der Waals surface area contributed by atoms with Crippen LogP contribution < -0.4 is 0 Å². The molecule has 0 aromatic rings. The van der Waals surface area contributed by atoms with Crippen molar-refractivity contribution >= 4 is 0 Å². The molecular weight excluding hydrogens is 250 g/mol. The van der Waals surface area contributed by atoms with Crippen LogP contribution in [0.1, 0.15) is 32.1 Å². The minimum absolute atomic E-state index is 0.908. The van der Waals surface area contributed by atoms with Crippen LogP contribution in [-0.2, 0) is 4.74 Å². The molecule has 1 saturated carbocycles. The van der Waals surface area contributed by atoms with Gasteiger partial charge in [0, 0.05) is 58.4 Å². The predicted octanol–water partition coefficient (Wildman–Crippen LogP) is 1.27. The van der Waals surface area contributed by atoms with E-state index in [-0.39, 0.29) is 0 Å². The van der Waals surface area contributed by atoms with Crippen LogP contribution in [0.3, 0.4) is 0 Å². The summed E-state index contributed by atoms with van der Waals surface area (Å²) >= 11 is 0. The third-order valence-corrected chi connectivity index (χ3v) is 5.33. The van der Waals surface area contributed by atoms with Gasteiger partial charge in [-0.05, 0) is 12.8 Å². The minimum atomic E-state index is 0.908. The van der Waals surface area contributed by atoms with Crippen molar-refractivity contribution in [2.24, 2.45) is 0 Å². The summed E-state index contributed by atoms with van der Waals surface area (Å²) < 4.78 is 5.41. The van der Waals surface area contributed by atoms with E-state index in [9.17, 15) is 0 Å². The van der Waals surface area contributed by atoms with Gasteiger partial charge in [0.1, 0.15) is 0 Å². The quantitative estimate of drug-likeness (QED) is 0.772. The molecule has 3 aliphatic rings. The lowest BCUT2D eigenvalue weighted by Gasteiger charge is -2.41. The van der Waals surface area contributed by atoms with Crippen LogP contribution >= 0.6 is 0 Å². The van der Waals surface area contributed by atoms with Crippen molar-refractivity contribution < 1.29 is 4.74 Å². The molecule has 1 aliphatic carbocycles. The average molecular weight is 281 g/mol. The van der Waals surface area contributed by atoms with Crippen LogP contribution in [0.15, 0.2) is 0 Å². The zero-order valence-corrected chi connectivity index (χ0v) is 12.9. The number of rotatable bonds is 4. The standard InChI is InChI=1S/C16H31N3O/c1-2-4-16(5-3-1)19-10-8-17(9-11-19)6-7-18-12-14-20-15-13-18/h16H,1-15H2. The molecule has 0 N–H and O–H groups in total. The highest BCUT2D eigenvalue weighted by molar-refractivity contribution is 4.81. The fraction of sp³-hybridized carbons (Fsp3) is 1.00. The maximum absolute atomic E-state index is 5.41.